The van der Waals surface area contributed by atoms with E-state index in [0.29, 0.717) is 16.7 Å². The highest BCUT2D eigenvalue weighted by molar-refractivity contribution is 14.1. The molecule has 0 unspecified atom stereocenters. The van der Waals surface area contributed by atoms with Crippen molar-refractivity contribution in [3.8, 4) is 5.69 Å². The first-order valence-corrected chi connectivity index (χ1v) is 10.0. The van der Waals surface area contributed by atoms with E-state index in [-0.39, 0.29) is 5.56 Å². The maximum Gasteiger partial charge on any atom is 0.282 e. The van der Waals surface area contributed by atoms with Crippen LogP contribution in [-0.4, -0.2) is 20.4 Å². The van der Waals surface area contributed by atoms with Crippen molar-refractivity contribution in [3.05, 3.63) is 91.3 Å². The van der Waals surface area contributed by atoms with Crippen LogP contribution in [-0.2, 0) is 0 Å². The second-order valence-corrected chi connectivity index (χ2v) is 7.92. The summed E-state index contributed by atoms with van der Waals surface area (Å²) in [7, 11) is 0. The quantitative estimate of drug-likeness (QED) is 0.317. The Morgan fingerprint density at radius 1 is 1.04 bits per heavy atom. The number of hydrogen-bond acceptors (Lipinski definition) is 3. The zero-order chi connectivity index (χ0) is 19.8. The number of fused-ring (bicyclic) bond motifs is 1. The van der Waals surface area contributed by atoms with Crippen molar-refractivity contribution in [3.63, 3.8) is 0 Å². The summed E-state index contributed by atoms with van der Waals surface area (Å²) in [5.41, 5.74) is 4.79. The third-order valence-electron chi connectivity index (χ3n) is 4.78. The first-order valence-electron chi connectivity index (χ1n) is 8.93. The van der Waals surface area contributed by atoms with Crippen LogP contribution in [0.25, 0.3) is 16.6 Å². The van der Waals surface area contributed by atoms with Gasteiger partial charge in [-0.1, -0.05) is 12.1 Å². The van der Waals surface area contributed by atoms with E-state index in [4.69, 9.17) is 0 Å². The van der Waals surface area contributed by atoms with E-state index in [1.165, 1.54) is 8.25 Å². The lowest BCUT2D eigenvalue weighted by molar-refractivity contribution is 0.770. The molecule has 6 heteroatoms. The van der Waals surface area contributed by atoms with E-state index in [0.717, 1.165) is 22.6 Å². The third-order valence-corrected chi connectivity index (χ3v) is 5.50. The Balaban J connectivity index is 1.77. The molecule has 0 radical (unpaired) electrons. The summed E-state index contributed by atoms with van der Waals surface area (Å²) in [5, 5.41) is 5.02. The van der Waals surface area contributed by atoms with Gasteiger partial charge in [0.2, 0.25) is 0 Å². The second-order valence-electron chi connectivity index (χ2n) is 6.68. The number of benzene rings is 2. The summed E-state index contributed by atoms with van der Waals surface area (Å²) in [6.07, 6.45) is 1.73. The molecule has 4 rings (SSSR count). The number of aromatic nitrogens is 3. The Morgan fingerprint density at radius 2 is 1.75 bits per heavy atom. The molecule has 2 aromatic carbocycles. The topological polar surface area (TPSA) is 52.2 Å². The summed E-state index contributed by atoms with van der Waals surface area (Å²) in [5.74, 6) is 0.561. The number of hydrogen-bond donors (Lipinski definition) is 0. The molecule has 0 N–H and O–H groups in total. The van der Waals surface area contributed by atoms with Crippen molar-refractivity contribution < 1.29 is 0 Å². The molecule has 140 valence electrons. The summed E-state index contributed by atoms with van der Waals surface area (Å²) in [6.45, 7) is 5.91. The highest BCUT2D eigenvalue weighted by Gasteiger charge is 2.10. The fraction of sp³-hybridized carbons (Fsp3) is 0.136. The van der Waals surface area contributed by atoms with E-state index in [2.05, 4.69) is 81.4 Å². The Kier molecular flexibility index (Phi) is 4.89. The van der Waals surface area contributed by atoms with E-state index < -0.39 is 0 Å². The minimum absolute atomic E-state index is 0.161. The van der Waals surface area contributed by atoms with Crippen LogP contribution < -0.4 is 5.56 Å². The average molecular weight is 482 g/mol. The van der Waals surface area contributed by atoms with Gasteiger partial charge in [0.25, 0.3) is 5.56 Å². The number of nitrogens with zero attached hydrogens (tertiary/aromatic N) is 4. The molecule has 0 atom stereocenters. The highest BCUT2D eigenvalue weighted by Crippen LogP contribution is 2.20. The van der Waals surface area contributed by atoms with E-state index in [1.54, 1.807) is 19.2 Å². The molecule has 2 heterocycles. The Morgan fingerprint density at radius 3 is 2.50 bits per heavy atom. The Bertz CT molecular complexity index is 1270. The second kappa shape index (κ2) is 7.35. The summed E-state index contributed by atoms with van der Waals surface area (Å²) >= 11 is 2.30. The Labute approximate surface area is 176 Å². The van der Waals surface area contributed by atoms with Gasteiger partial charge < -0.3 is 4.57 Å². The van der Waals surface area contributed by atoms with Crippen LogP contribution >= 0.6 is 22.6 Å². The fourth-order valence-electron chi connectivity index (χ4n) is 3.40. The zero-order valence-corrected chi connectivity index (χ0v) is 18.0. The van der Waals surface area contributed by atoms with Gasteiger partial charge in [-0.25, -0.2) is 4.98 Å². The number of halogens is 1. The minimum Gasteiger partial charge on any atom is -0.318 e. The summed E-state index contributed by atoms with van der Waals surface area (Å²) < 4.78 is 4.75. The summed E-state index contributed by atoms with van der Waals surface area (Å²) in [6, 6.07) is 17.8. The van der Waals surface area contributed by atoms with Gasteiger partial charge in [-0.15, -0.1) is 0 Å². The van der Waals surface area contributed by atoms with Gasteiger partial charge >= 0.3 is 0 Å². The lowest BCUT2D eigenvalue weighted by Crippen LogP contribution is -2.20. The van der Waals surface area contributed by atoms with Crippen LogP contribution in [0.1, 0.15) is 22.8 Å². The van der Waals surface area contributed by atoms with Gasteiger partial charge in [-0.3, -0.25) is 4.79 Å². The molecule has 0 fully saturated rings. The molecular formula is C22H19IN4O. The predicted octanol–water partition coefficient (Wildman–Crippen LogP) is 4.60. The predicted molar refractivity (Wildman–Crippen MR) is 122 cm³/mol. The molecular weight excluding hydrogens is 463 g/mol. The van der Waals surface area contributed by atoms with Gasteiger partial charge in [0.05, 0.1) is 17.1 Å². The van der Waals surface area contributed by atoms with Crippen molar-refractivity contribution in [2.75, 3.05) is 0 Å². The van der Waals surface area contributed by atoms with E-state index >= 15 is 0 Å². The highest BCUT2D eigenvalue weighted by atomic mass is 127. The van der Waals surface area contributed by atoms with Gasteiger partial charge in [-0.05, 0) is 85.8 Å². The molecule has 0 aliphatic carbocycles. The van der Waals surface area contributed by atoms with Crippen molar-refractivity contribution >= 4 is 39.7 Å². The molecule has 5 nitrogen and oxygen atoms in total. The molecule has 0 amide bonds. The van der Waals surface area contributed by atoms with Crippen LogP contribution in [0.5, 0.6) is 0 Å². The third kappa shape index (κ3) is 3.28. The van der Waals surface area contributed by atoms with E-state index in [9.17, 15) is 4.79 Å². The van der Waals surface area contributed by atoms with Crippen molar-refractivity contribution in [1.29, 1.82) is 0 Å². The fourth-order valence-corrected chi connectivity index (χ4v) is 3.76. The molecule has 0 bridgehead atoms. The lowest BCUT2D eigenvalue weighted by Gasteiger charge is -2.09. The SMILES string of the molecule is Cc1cc(C=Nn2c(C)nc3ccccc3c2=O)c(C)n1-c1ccc(I)cc1. The van der Waals surface area contributed by atoms with Crippen molar-refractivity contribution in [2.24, 2.45) is 5.10 Å². The smallest absolute Gasteiger partial charge is 0.282 e. The van der Waals surface area contributed by atoms with Gasteiger partial charge in [0, 0.05) is 26.2 Å². The van der Waals surface area contributed by atoms with Gasteiger partial charge in [0.1, 0.15) is 5.82 Å². The first-order chi connectivity index (χ1) is 13.5. The monoisotopic (exact) mass is 482 g/mol. The molecule has 0 saturated carbocycles. The Hall–Kier alpha value is -2.74. The van der Waals surface area contributed by atoms with Crippen LogP contribution in [0, 0.1) is 24.3 Å². The molecule has 0 spiro atoms. The standard InChI is InChI=1S/C22H19IN4O/c1-14-12-17(15(2)26(14)19-10-8-18(23)9-11-19)13-24-27-16(3)25-21-7-5-4-6-20(21)22(27)28/h4-13H,1-3H3. The van der Waals surface area contributed by atoms with Crippen molar-refractivity contribution in [1.82, 2.24) is 14.2 Å². The first kappa shape index (κ1) is 18.6. The van der Waals surface area contributed by atoms with Crippen LogP contribution in [0.2, 0.25) is 0 Å². The number of aryl methyl sites for hydroxylation is 2. The minimum atomic E-state index is -0.161. The lowest BCUT2D eigenvalue weighted by atomic mass is 10.2. The largest absolute Gasteiger partial charge is 0.318 e. The maximum absolute atomic E-state index is 12.8. The van der Waals surface area contributed by atoms with Crippen LogP contribution in [0.4, 0.5) is 0 Å². The molecule has 0 aliphatic heterocycles. The van der Waals surface area contributed by atoms with Gasteiger partial charge in [-0.2, -0.15) is 9.78 Å². The van der Waals surface area contributed by atoms with Gasteiger partial charge in [0.15, 0.2) is 0 Å². The van der Waals surface area contributed by atoms with Crippen molar-refractivity contribution in [2.45, 2.75) is 20.8 Å². The molecule has 0 aliphatic rings. The van der Waals surface area contributed by atoms with Crippen LogP contribution in [0.3, 0.4) is 0 Å². The molecule has 0 saturated heterocycles. The average Bonchev–Trinajstić information content (AvgIpc) is 2.96. The number of rotatable bonds is 3. The molecule has 4 aromatic rings. The summed E-state index contributed by atoms with van der Waals surface area (Å²) in [4.78, 5) is 17.3. The normalized spacial score (nSPS) is 11.6. The zero-order valence-electron chi connectivity index (χ0n) is 15.8. The maximum atomic E-state index is 12.8. The molecule has 28 heavy (non-hydrogen) atoms. The van der Waals surface area contributed by atoms with E-state index in [1.807, 2.05) is 18.2 Å². The van der Waals surface area contributed by atoms with Crippen LogP contribution in [0.15, 0.2) is 64.5 Å². The molecule has 2 aromatic heterocycles. The number of para-hydroxylation sites is 1.